The van der Waals surface area contributed by atoms with Crippen LogP contribution in [-0.2, 0) is 32.9 Å². The molecule has 226 valence electrons. The molecule has 0 spiro atoms. The number of rotatable bonds is 7. The molecule has 4 aliphatic heterocycles. The molecule has 0 bridgehead atoms. The summed E-state index contributed by atoms with van der Waals surface area (Å²) in [6, 6.07) is 21.5. The molecule has 7 rings (SSSR count). The summed E-state index contributed by atoms with van der Waals surface area (Å²) in [7, 11) is 0. The molecule has 44 heavy (non-hydrogen) atoms. The number of hydrogen-bond acceptors (Lipinski definition) is 6. The van der Waals surface area contributed by atoms with Crippen LogP contribution in [0.15, 0.2) is 96.0 Å². The predicted molar refractivity (Wildman–Crippen MR) is 157 cm³/mol. The van der Waals surface area contributed by atoms with Crippen molar-refractivity contribution in [2.24, 2.45) is 0 Å². The molecule has 3 aromatic rings. The van der Waals surface area contributed by atoms with Crippen molar-refractivity contribution in [1.29, 1.82) is 0 Å². The number of aliphatic hydroxyl groups is 1. The van der Waals surface area contributed by atoms with Gasteiger partial charge in [0.05, 0.1) is 5.57 Å². The number of hydrazine groups is 1. The molecule has 0 aromatic heterocycles. The van der Waals surface area contributed by atoms with Crippen LogP contribution in [0.1, 0.15) is 35.1 Å². The number of fused-ring (bicyclic) bond motifs is 2. The summed E-state index contributed by atoms with van der Waals surface area (Å²) >= 11 is 0. The van der Waals surface area contributed by atoms with Gasteiger partial charge in [0.15, 0.2) is 11.5 Å². The van der Waals surface area contributed by atoms with Crippen LogP contribution in [0.3, 0.4) is 0 Å². The zero-order valence-corrected chi connectivity index (χ0v) is 24.2. The lowest BCUT2D eigenvalue weighted by Crippen LogP contribution is -2.62. The topological polar surface area (TPSA) is 85.3 Å². The van der Waals surface area contributed by atoms with Gasteiger partial charge < -0.3 is 20.1 Å². The summed E-state index contributed by atoms with van der Waals surface area (Å²) in [5.41, 5.74) is 2.33. The van der Waals surface area contributed by atoms with E-state index in [1.54, 1.807) is 11.9 Å². The highest BCUT2D eigenvalue weighted by molar-refractivity contribution is 5.99. The SMILES string of the molecule is Cc1cc(F)cc(F)c1CNC(=O)C1=CN2C(=C(OCc3ccccc3)C1O)C(=O)N1CCC3(c4ccccc4)CCN2C13. The summed E-state index contributed by atoms with van der Waals surface area (Å²) in [6.45, 7) is 2.58. The predicted octanol–water partition coefficient (Wildman–Crippen LogP) is 4.01. The third kappa shape index (κ3) is 4.48. The summed E-state index contributed by atoms with van der Waals surface area (Å²) in [5, 5.41) is 18.0. The number of halogens is 2. The molecule has 0 saturated carbocycles. The maximum atomic E-state index is 14.5. The van der Waals surface area contributed by atoms with Crippen LogP contribution in [0.5, 0.6) is 0 Å². The summed E-state index contributed by atoms with van der Waals surface area (Å²) in [4.78, 5) is 29.7. The fourth-order valence-electron chi connectivity index (χ4n) is 7.14. The number of aliphatic hydroxyl groups excluding tert-OH is 1. The lowest BCUT2D eigenvalue weighted by Gasteiger charge is -2.49. The monoisotopic (exact) mass is 598 g/mol. The fraction of sp³-hybridized carbons (Fsp3) is 0.294. The molecule has 4 heterocycles. The second kappa shape index (κ2) is 10.9. The number of benzene rings is 3. The molecule has 0 radical (unpaired) electrons. The molecule has 2 N–H and O–H groups in total. The van der Waals surface area contributed by atoms with E-state index in [9.17, 15) is 23.5 Å². The molecule has 3 fully saturated rings. The van der Waals surface area contributed by atoms with E-state index < -0.39 is 23.6 Å². The Balaban J connectivity index is 1.25. The first-order valence-electron chi connectivity index (χ1n) is 14.7. The second-order valence-corrected chi connectivity index (χ2v) is 11.7. The van der Waals surface area contributed by atoms with Gasteiger partial charge in [0, 0.05) is 42.9 Å². The maximum absolute atomic E-state index is 14.5. The van der Waals surface area contributed by atoms with Crippen LogP contribution < -0.4 is 5.32 Å². The smallest absolute Gasteiger partial charge is 0.276 e. The molecule has 3 aromatic carbocycles. The fourth-order valence-corrected chi connectivity index (χ4v) is 7.14. The Bertz CT molecular complexity index is 1670. The van der Waals surface area contributed by atoms with E-state index in [1.165, 1.54) is 12.3 Å². The zero-order chi connectivity index (χ0) is 30.6. The molecule has 8 nitrogen and oxygen atoms in total. The van der Waals surface area contributed by atoms with Gasteiger partial charge in [0.1, 0.15) is 30.5 Å². The van der Waals surface area contributed by atoms with Gasteiger partial charge >= 0.3 is 0 Å². The van der Waals surface area contributed by atoms with Gasteiger partial charge in [-0.25, -0.2) is 8.78 Å². The highest BCUT2D eigenvalue weighted by Crippen LogP contribution is 2.53. The van der Waals surface area contributed by atoms with E-state index in [0.29, 0.717) is 18.7 Å². The Hall–Kier alpha value is -4.54. The normalized spacial score (nSPS) is 24.3. The van der Waals surface area contributed by atoms with E-state index in [4.69, 9.17) is 4.74 Å². The van der Waals surface area contributed by atoms with Crippen LogP contribution in [0.2, 0.25) is 0 Å². The lowest BCUT2D eigenvalue weighted by molar-refractivity contribution is -0.153. The van der Waals surface area contributed by atoms with E-state index in [1.807, 2.05) is 53.4 Å². The van der Waals surface area contributed by atoms with E-state index in [2.05, 4.69) is 22.5 Å². The number of ether oxygens (including phenoxy) is 1. The number of aryl methyl sites for hydroxylation is 1. The number of carbonyl (C=O) groups excluding carboxylic acids is 2. The summed E-state index contributed by atoms with van der Waals surface area (Å²) in [6.07, 6.45) is 1.26. The van der Waals surface area contributed by atoms with E-state index in [0.717, 1.165) is 30.0 Å². The number of hydrogen-bond donors (Lipinski definition) is 2. The molecular formula is C34H32F2N4O4. The Labute approximate surface area is 253 Å². The van der Waals surface area contributed by atoms with Crippen molar-refractivity contribution in [3.05, 3.63) is 130 Å². The number of nitrogens with one attached hydrogen (secondary N) is 1. The molecular weight excluding hydrogens is 566 g/mol. The highest BCUT2D eigenvalue weighted by Gasteiger charge is 2.62. The van der Waals surface area contributed by atoms with Crippen molar-refractivity contribution >= 4 is 11.8 Å². The standard InChI is InChI=1S/C34H32F2N4O4/c1-21-16-24(35)17-27(36)25(21)18-37-31(42)26-19-40-28(30(29(26)41)44-20-22-8-4-2-5-9-22)32(43)38-14-12-34(13-15-39(40)33(34)38)23-10-6-3-7-11-23/h2-11,16-17,19,29,33,41H,12-15,18,20H2,1H3,(H,37,42). The van der Waals surface area contributed by atoms with Crippen LogP contribution in [0.25, 0.3) is 0 Å². The Morgan fingerprint density at radius 3 is 2.48 bits per heavy atom. The molecule has 3 unspecified atom stereocenters. The average Bonchev–Trinajstić information content (AvgIpc) is 3.60. The third-order valence-electron chi connectivity index (χ3n) is 9.32. The minimum atomic E-state index is -1.55. The first-order valence-corrected chi connectivity index (χ1v) is 14.7. The Kier molecular flexibility index (Phi) is 6.98. The highest BCUT2D eigenvalue weighted by atomic mass is 19.1. The van der Waals surface area contributed by atoms with Crippen molar-refractivity contribution in [2.75, 3.05) is 13.1 Å². The summed E-state index contributed by atoms with van der Waals surface area (Å²) in [5.74, 6) is -2.42. The average molecular weight is 599 g/mol. The molecule has 2 amide bonds. The van der Waals surface area contributed by atoms with Gasteiger partial charge in [-0.2, -0.15) is 5.01 Å². The van der Waals surface area contributed by atoms with Crippen molar-refractivity contribution in [1.82, 2.24) is 20.2 Å². The largest absolute Gasteiger partial charge is 0.488 e. The molecule has 0 aliphatic carbocycles. The molecule has 10 heteroatoms. The van der Waals surface area contributed by atoms with Crippen LogP contribution in [-0.4, -0.2) is 57.2 Å². The van der Waals surface area contributed by atoms with Crippen LogP contribution >= 0.6 is 0 Å². The molecule has 3 atom stereocenters. The molecule has 3 saturated heterocycles. The third-order valence-corrected chi connectivity index (χ3v) is 9.32. The Morgan fingerprint density at radius 2 is 1.75 bits per heavy atom. The molecule has 4 aliphatic rings. The zero-order valence-electron chi connectivity index (χ0n) is 24.2. The van der Waals surface area contributed by atoms with Gasteiger partial charge in [0.2, 0.25) is 0 Å². The van der Waals surface area contributed by atoms with Crippen molar-refractivity contribution in [3.63, 3.8) is 0 Å². The van der Waals surface area contributed by atoms with E-state index in [-0.39, 0.29) is 53.2 Å². The van der Waals surface area contributed by atoms with Gasteiger partial charge in [-0.1, -0.05) is 60.7 Å². The minimum Gasteiger partial charge on any atom is -0.488 e. The van der Waals surface area contributed by atoms with Crippen molar-refractivity contribution in [2.45, 2.75) is 50.6 Å². The minimum absolute atomic E-state index is 0.0155. The van der Waals surface area contributed by atoms with Gasteiger partial charge in [-0.05, 0) is 42.5 Å². The summed E-state index contributed by atoms with van der Waals surface area (Å²) < 4.78 is 34.4. The number of amides is 2. The first kappa shape index (κ1) is 28.2. The second-order valence-electron chi connectivity index (χ2n) is 11.7. The van der Waals surface area contributed by atoms with Crippen LogP contribution in [0.4, 0.5) is 8.78 Å². The van der Waals surface area contributed by atoms with Crippen LogP contribution in [0, 0.1) is 18.6 Å². The van der Waals surface area contributed by atoms with E-state index >= 15 is 0 Å². The quantitative estimate of drug-likeness (QED) is 0.428. The number of nitrogens with zero attached hydrogens (tertiary/aromatic N) is 3. The van der Waals surface area contributed by atoms with Gasteiger partial charge in [-0.15, -0.1) is 0 Å². The first-order chi connectivity index (χ1) is 21.3. The number of carbonyl (C=O) groups is 2. The van der Waals surface area contributed by atoms with Gasteiger partial charge in [0.25, 0.3) is 11.8 Å². The maximum Gasteiger partial charge on any atom is 0.276 e. The van der Waals surface area contributed by atoms with Gasteiger partial charge in [-0.3, -0.25) is 14.6 Å². The Morgan fingerprint density at radius 1 is 1.05 bits per heavy atom. The lowest BCUT2D eigenvalue weighted by atomic mass is 9.77. The van der Waals surface area contributed by atoms with Crippen molar-refractivity contribution in [3.8, 4) is 0 Å². The van der Waals surface area contributed by atoms with Crippen molar-refractivity contribution < 1.29 is 28.2 Å².